The number of aryl methyl sites for hydroxylation is 1. The van der Waals surface area contributed by atoms with Crippen molar-refractivity contribution in [1.82, 2.24) is 0 Å². The van der Waals surface area contributed by atoms with Crippen molar-refractivity contribution in [1.29, 1.82) is 0 Å². The first kappa shape index (κ1) is 19.1. The van der Waals surface area contributed by atoms with Gasteiger partial charge in [0, 0.05) is 5.02 Å². The number of rotatable bonds is 6. The molecular weight excluding hydrogens is 365 g/mol. The topological polar surface area (TPSA) is 64.6 Å². The SMILES string of the molecule is Cc1cccc(O[C@@H](C)C(=O)OCC(=O)Nc2ccc(Cl)cc2Cl)c1. The summed E-state index contributed by atoms with van der Waals surface area (Å²) in [5, 5.41) is 3.29. The average Bonchev–Trinajstić information content (AvgIpc) is 2.55. The maximum Gasteiger partial charge on any atom is 0.347 e. The van der Waals surface area contributed by atoms with E-state index in [1.54, 1.807) is 31.2 Å². The Bertz CT molecular complexity index is 779. The quantitative estimate of drug-likeness (QED) is 0.759. The molecule has 1 N–H and O–H groups in total. The van der Waals surface area contributed by atoms with Gasteiger partial charge in [0.05, 0.1) is 10.7 Å². The molecule has 0 fully saturated rings. The minimum absolute atomic E-state index is 0.295. The minimum Gasteiger partial charge on any atom is -0.479 e. The summed E-state index contributed by atoms with van der Waals surface area (Å²) in [5.74, 6) is -0.596. The molecule has 2 aromatic rings. The molecular formula is C18H17Cl2NO4. The lowest BCUT2D eigenvalue weighted by molar-refractivity contribution is -0.153. The predicted molar refractivity (Wildman–Crippen MR) is 97.3 cm³/mol. The number of carbonyl (C=O) groups is 2. The van der Waals surface area contributed by atoms with Gasteiger partial charge in [-0.15, -0.1) is 0 Å². The Morgan fingerprint density at radius 2 is 1.92 bits per heavy atom. The van der Waals surface area contributed by atoms with Crippen LogP contribution in [-0.2, 0) is 14.3 Å². The van der Waals surface area contributed by atoms with E-state index in [1.165, 1.54) is 6.07 Å². The van der Waals surface area contributed by atoms with Crippen molar-refractivity contribution >= 4 is 40.8 Å². The van der Waals surface area contributed by atoms with E-state index in [4.69, 9.17) is 32.7 Å². The number of ether oxygens (including phenoxy) is 2. The second-order valence-corrected chi connectivity index (χ2v) is 6.20. The summed E-state index contributed by atoms with van der Waals surface area (Å²) in [5.41, 5.74) is 1.40. The predicted octanol–water partition coefficient (Wildman–Crippen LogP) is 4.25. The number of nitrogens with one attached hydrogen (secondary N) is 1. The van der Waals surface area contributed by atoms with Gasteiger partial charge < -0.3 is 14.8 Å². The monoisotopic (exact) mass is 381 g/mol. The number of carbonyl (C=O) groups excluding carboxylic acids is 2. The molecule has 132 valence electrons. The van der Waals surface area contributed by atoms with Gasteiger partial charge in [0.2, 0.25) is 0 Å². The maximum absolute atomic E-state index is 11.9. The summed E-state index contributed by atoms with van der Waals surface area (Å²) in [6.07, 6.45) is -0.839. The third kappa shape index (κ3) is 5.96. The van der Waals surface area contributed by atoms with Gasteiger partial charge in [-0.25, -0.2) is 4.79 Å². The van der Waals surface area contributed by atoms with E-state index in [2.05, 4.69) is 5.32 Å². The molecule has 0 aromatic heterocycles. The number of esters is 1. The highest BCUT2D eigenvalue weighted by Gasteiger charge is 2.18. The van der Waals surface area contributed by atoms with Crippen LogP contribution in [0.1, 0.15) is 12.5 Å². The zero-order valence-electron chi connectivity index (χ0n) is 13.7. The van der Waals surface area contributed by atoms with Crippen LogP contribution in [0, 0.1) is 6.92 Å². The third-order valence-electron chi connectivity index (χ3n) is 3.19. The number of amides is 1. The van der Waals surface area contributed by atoms with Gasteiger partial charge in [-0.1, -0.05) is 35.3 Å². The number of benzene rings is 2. The normalized spacial score (nSPS) is 11.5. The molecule has 1 atom stereocenters. The molecule has 0 saturated heterocycles. The first-order chi connectivity index (χ1) is 11.8. The lowest BCUT2D eigenvalue weighted by Gasteiger charge is -2.14. The van der Waals surface area contributed by atoms with Crippen molar-refractivity contribution in [3.8, 4) is 5.75 Å². The van der Waals surface area contributed by atoms with Crippen molar-refractivity contribution in [3.05, 3.63) is 58.1 Å². The average molecular weight is 382 g/mol. The molecule has 1 amide bonds. The molecule has 0 aliphatic heterocycles. The molecule has 0 radical (unpaired) electrons. The molecule has 0 spiro atoms. The highest BCUT2D eigenvalue weighted by atomic mass is 35.5. The van der Waals surface area contributed by atoms with E-state index >= 15 is 0 Å². The number of hydrogen-bond acceptors (Lipinski definition) is 4. The largest absolute Gasteiger partial charge is 0.479 e. The van der Waals surface area contributed by atoms with Gasteiger partial charge in [0.15, 0.2) is 12.7 Å². The Balaban J connectivity index is 1.83. The second-order valence-electron chi connectivity index (χ2n) is 5.36. The summed E-state index contributed by atoms with van der Waals surface area (Å²) in [7, 11) is 0. The fourth-order valence-electron chi connectivity index (χ4n) is 1.97. The molecule has 7 heteroatoms. The standard InChI is InChI=1S/C18H17Cl2NO4/c1-11-4-3-5-14(8-11)25-12(2)18(23)24-10-17(22)21-16-7-6-13(19)9-15(16)20/h3-9,12H,10H2,1-2H3,(H,21,22)/t12-/m0/s1. The Hall–Kier alpha value is -2.24. The van der Waals surface area contributed by atoms with E-state index in [-0.39, 0.29) is 0 Å². The summed E-state index contributed by atoms with van der Waals surface area (Å²) < 4.78 is 10.5. The van der Waals surface area contributed by atoms with Crippen molar-refractivity contribution < 1.29 is 19.1 Å². The number of hydrogen-bond donors (Lipinski definition) is 1. The molecule has 25 heavy (non-hydrogen) atoms. The van der Waals surface area contributed by atoms with Crippen LogP contribution in [0.25, 0.3) is 0 Å². The lowest BCUT2D eigenvalue weighted by Crippen LogP contribution is -2.29. The van der Waals surface area contributed by atoms with Gasteiger partial charge in [-0.05, 0) is 49.7 Å². The van der Waals surface area contributed by atoms with Gasteiger partial charge in [-0.2, -0.15) is 0 Å². The van der Waals surface area contributed by atoms with Crippen LogP contribution in [0.4, 0.5) is 5.69 Å². The van der Waals surface area contributed by atoms with Crippen LogP contribution in [0.5, 0.6) is 5.75 Å². The van der Waals surface area contributed by atoms with E-state index in [9.17, 15) is 9.59 Å². The molecule has 0 aliphatic carbocycles. The molecule has 5 nitrogen and oxygen atoms in total. The Morgan fingerprint density at radius 1 is 1.16 bits per heavy atom. The van der Waals surface area contributed by atoms with Gasteiger partial charge in [-0.3, -0.25) is 4.79 Å². The first-order valence-electron chi connectivity index (χ1n) is 7.50. The fourth-order valence-corrected chi connectivity index (χ4v) is 2.43. The Labute approximate surface area is 155 Å². The maximum atomic E-state index is 11.9. The highest BCUT2D eigenvalue weighted by Crippen LogP contribution is 2.25. The zero-order chi connectivity index (χ0) is 18.4. The summed E-state index contributed by atoms with van der Waals surface area (Å²) in [6, 6.07) is 11.9. The summed E-state index contributed by atoms with van der Waals surface area (Å²) >= 11 is 11.7. The second kappa shape index (κ2) is 8.74. The molecule has 0 heterocycles. The van der Waals surface area contributed by atoms with E-state index < -0.39 is 24.6 Å². The van der Waals surface area contributed by atoms with E-state index in [1.807, 2.05) is 19.1 Å². The molecule has 0 bridgehead atoms. The fraction of sp³-hybridized carbons (Fsp3) is 0.222. The van der Waals surface area contributed by atoms with Crippen molar-refractivity contribution in [2.75, 3.05) is 11.9 Å². The van der Waals surface area contributed by atoms with Crippen LogP contribution < -0.4 is 10.1 Å². The molecule has 0 aliphatic rings. The first-order valence-corrected chi connectivity index (χ1v) is 8.25. The van der Waals surface area contributed by atoms with Crippen molar-refractivity contribution in [2.24, 2.45) is 0 Å². The van der Waals surface area contributed by atoms with Gasteiger partial charge in [0.1, 0.15) is 5.75 Å². The summed E-state index contributed by atoms with van der Waals surface area (Å²) in [4.78, 5) is 23.8. The lowest BCUT2D eigenvalue weighted by atomic mass is 10.2. The van der Waals surface area contributed by atoms with Crippen LogP contribution in [0.15, 0.2) is 42.5 Å². The highest BCUT2D eigenvalue weighted by molar-refractivity contribution is 6.36. The van der Waals surface area contributed by atoms with Crippen molar-refractivity contribution in [2.45, 2.75) is 20.0 Å². The van der Waals surface area contributed by atoms with E-state index in [0.717, 1.165) is 5.56 Å². The molecule has 0 unspecified atom stereocenters. The summed E-state index contributed by atoms with van der Waals surface area (Å²) in [6.45, 7) is 3.03. The van der Waals surface area contributed by atoms with Crippen molar-refractivity contribution in [3.63, 3.8) is 0 Å². The van der Waals surface area contributed by atoms with Gasteiger partial charge in [0.25, 0.3) is 5.91 Å². The number of anilines is 1. The Kier molecular flexibility index (Phi) is 6.67. The van der Waals surface area contributed by atoms with E-state index in [0.29, 0.717) is 21.5 Å². The van der Waals surface area contributed by atoms with Crippen LogP contribution in [0.2, 0.25) is 10.0 Å². The minimum atomic E-state index is -0.839. The Morgan fingerprint density at radius 3 is 2.60 bits per heavy atom. The van der Waals surface area contributed by atoms with Crippen LogP contribution in [0.3, 0.4) is 0 Å². The third-order valence-corrected chi connectivity index (χ3v) is 3.73. The van der Waals surface area contributed by atoms with Crippen LogP contribution >= 0.6 is 23.2 Å². The molecule has 2 aromatic carbocycles. The zero-order valence-corrected chi connectivity index (χ0v) is 15.2. The van der Waals surface area contributed by atoms with Crippen LogP contribution in [-0.4, -0.2) is 24.6 Å². The molecule has 0 saturated carbocycles. The number of halogens is 2. The molecule has 2 rings (SSSR count). The smallest absolute Gasteiger partial charge is 0.347 e. The van der Waals surface area contributed by atoms with Gasteiger partial charge >= 0.3 is 5.97 Å².